The van der Waals surface area contributed by atoms with E-state index in [9.17, 15) is 9.59 Å². The summed E-state index contributed by atoms with van der Waals surface area (Å²) < 4.78 is 5.25. The standard InChI is InChI=1S/C17H20N2O3S/c1-11(19-16(21)22-17(2,3)4)12-5-7-13(8-6-12)15-14(9-20)18-10-23-15/h5-11H,1-4H3,(H,19,21). The predicted octanol–water partition coefficient (Wildman–Crippen LogP) is 4.21. The van der Waals surface area contributed by atoms with Gasteiger partial charge in [-0.1, -0.05) is 24.3 Å². The van der Waals surface area contributed by atoms with Gasteiger partial charge in [-0.15, -0.1) is 11.3 Å². The molecule has 23 heavy (non-hydrogen) atoms. The van der Waals surface area contributed by atoms with E-state index in [0.717, 1.165) is 22.3 Å². The number of ether oxygens (including phenoxy) is 1. The minimum Gasteiger partial charge on any atom is -0.444 e. The number of hydrogen-bond donors (Lipinski definition) is 1. The summed E-state index contributed by atoms with van der Waals surface area (Å²) in [5.41, 5.74) is 3.47. The lowest BCUT2D eigenvalue weighted by Crippen LogP contribution is -2.34. The van der Waals surface area contributed by atoms with Crippen molar-refractivity contribution in [2.24, 2.45) is 0 Å². The van der Waals surface area contributed by atoms with Gasteiger partial charge in [-0.05, 0) is 38.8 Å². The third-order valence-electron chi connectivity index (χ3n) is 3.11. The zero-order chi connectivity index (χ0) is 17.0. The minimum atomic E-state index is -0.523. The van der Waals surface area contributed by atoms with Gasteiger partial charge in [-0.3, -0.25) is 4.79 Å². The van der Waals surface area contributed by atoms with Gasteiger partial charge in [0.25, 0.3) is 0 Å². The molecule has 0 aliphatic heterocycles. The van der Waals surface area contributed by atoms with E-state index < -0.39 is 11.7 Å². The summed E-state index contributed by atoms with van der Waals surface area (Å²) >= 11 is 1.43. The second-order valence-corrected chi connectivity index (χ2v) is 7.03. The molecule has 6 heteroatoms. The fourth-order valence-electron chi connectivity index (χ4n) is 2.05. The highest BCUT2D eigenvalue weighted by atomic mass is 32.1. The Kier molecular flexibility index (Phi) is 5.15. The Morgan fingerprint density at radius 1 is 1.30 bits per heavy atom. The van der Waals surface area contributed by atoms with Crippen LogP contribution < -0.4 is 5.32 Å². The van der Waals surface area contributed by atoms with Crippen LogP contribution in [0.3, 0.4) is 0 Å². The maximum atomic E-state index is 11.8. The van der Waals surface area contributed by atoms with Crippen molar-refractivity contribution in [3.8, 4) is 10.4 Å². The van der Waals surface area contributed by atoms with Gasteiger partial charge in [-0.2, -0.15) is 0 Å². The van der Waals surface area contributed by atoms with Crippen molar-refractivity contribution in [3.05, 3.63) is 41.0 Å². The van der Waals surface area contributed by atoms with Crippen molar-refractivity contribution in [2.75, 3.05) is 0 Å². The molecule has 0 saturated heterocycles. The first-order chi connectivity index (χ1) is 10.8. The molecule has 0 spiro atoms. The topological polar surface area (TPSA) is 68.3 Å². The smallest absolute Gasteiger partial charge is 0.408 e. The molecule has 1 unspecified atom stereocenters. The summed E-state index contributed by atoms with van der Waals surface area (Å²) in [6.45, 7) is 7.37. The fourth-order valence-corrected chi connectivity index (χ4v) is 2.81. The number of aromatic nitrogens is 1. The van der Waals surface area contributed by atoms with Crippen LogP contribution in [0.2, 0.25) is 0 Å². The Morgan fingerprint density at radius 2 is 1.96 bits per heavy atom. The number of nitrogens with zero attached hydrogens (tertiary/aromatic N) is 1. The van der Waals surface area contributed by atoms with Crippen LogP contribution in [0.1, 0.15) is 49.8 Å². The number of benzene rings is 1. The van der Waals surface area contributed by atoms with Crippen molar-refractivity contribution >= 4 is 23.7 Å². The lowest BCUT2D eigenvalue weighted by Gasteiger charge is -2.22. The highest BCUT2D eigenvalue weighted by Crippen LogP contribution is 2.28. The second kappa shape index (κ2) is 6.91. The van der Waals surface area contributed by atoms with Gasteiger partial charge in [0, 0.05) is 0 Å². The Balaban J connectivity index is 2.07. The molecule has 1 amide bonds. The fraction of sp³-hybridized carbons (Fsp3) is 0.353. The third kappa shape index (κ3) is 4.63. The number of hydrogen-bond acceptors (Lipinski definition) is 5. The molecule has 1 heterocycles. The maximum absolute atomic E-state index is 11.8. The average Bonchev–Trinajstić information content (AvgIpc) is 2.93. The number of amides is 1. The van der Waals surface area contributed by atoms with Gasteiger partial charge in [-0.25, -0.2) is 9.78 Å². The summed E-state index contributed by atoms with van der Waals surface area (Å²) in [6, 6.07) is 7.51. The summed E-state index contributed by atoms with van der Waals surface area (Å²) in [5.74, 6) is 0. The molecule has 5 nitrogen and oxygen atoms in total. The zero-order valence-corrected chi connectivity index (χ0v) is 14.4. The van der Waals surface area contributed by atoms with Crippen LogP contribution in [0.25, 0.3) is 10.4 Å². The van der Waals surface area contributed by atoms with Crippen LogP contribution in [0.5, 0.6) is 0 Å². The third-order valence-corrected chi connectivity index (χ3v) is 4.00. The first kappa shape index (κ1) is 17.1. The number of alkyl carbamates (subject to hydrolysis) is 1. The lowest BCUT2D eigenvalue weighted by molar-refractivity contribution is 0.0508. The molecule has 1 N–H and O–H groups in total. The minimum absolute atomic E-state index is 0.175. The van der Waals surface area contributed by atoms with E-state index in [1.807, 2.05) is 52.0 Å². The second-order valence-electron chi connectivity index (χ2n) is 6.17. The van der Waals surface area contributed by atoms with Crippen molar-refractivity contribution in [2.45, 2.75) is 39.3 Å². The van der Waals surface area contributed by atoms with E-state index in [-0.39, 0.29) is 6.04 Å². The Morgan fingerprint density at radius 3 is 2.52 bits per heavy atom. The molecular formula is C17H20N2O3S. The molecule has 0 bridgehead atoms. The molecule has 2 aromatic rings. The van der Waals surface area contributed by atoms with Gasteiger partial charge in [0.1, 0.15) is 11.3 Å². The lowest BCUT2D eigenvalue weighted by atomic mass is 10.0. The Labute approximate surface area is 139 Å². The summed E-state index contributed by atoms with van der Waals surface area (Å²) in [6.07, 6.45) is 0.312. The number of carbonyl (C=O) groups excluding carboxylic acids is 2. The van der Waals surface area contributed by atoms with Crippen LogP contribution in [-0.2, 0) is 4.74 Å². The predicted molar refractivity (Wildman–Crippen MR) is 90.7 cm³/mol. The molecular weight excluding hydrogens is 312 g/mol. The largest absolute Gasteiger partial charge is 0.444 e. The van der Waals surface area contributed by atoms with Gasteiger partial charge < -0.3 is 10.1 Å². The number of rotatable bonds is 4. The number of thiazole rings is 1. The summed E-state index contributed by atoms with van der Waals surface area (Å²) in [7, 11) is 0. The molecule has 122 valence electrons. The van der Waals surface area contributed by atoms with Gasteiger partial charge >= 0.3 is 6.09 Å². The van der Waals surface area contributed by atoms with E-state index in [1.54, 1.807) is 5.51 Å². The molecule has 0 fully saturated rings. The van der Waals surface area contributed by atoms with Gasteiger partial charge in [0.15, 0.2) is 6.29 Å². The highest BCUT2D eigenvalue weighted by Gasteiger charge is 2.18. The quantitative estimate of drug-likeness (QED) is 0.852. The number of nitrogens with one attached hydrogen (secondary N) is 1. The average molecular weight is 332 g/mol. The van der Waals surface area contributed by atoms with Crippen LogP contribution in [0, 0.1) is 0 Å². The molecule has 2 rings (SSSR count). The Hall–Kier alpha value is -2.21. The summed E-state index contributed by atoms with van der Waals surface area (Å²) in [4.78, 5) is 27.6. The molecule has 1 aromatic heterocycles. The molecule has 1 atom stereocenters. The van der Waals surface area contributed by atoms with Crippen molar-refractivity contribution < 1.29 is 14.3 Å². The monoisotopic (exact) mass is 332 g/mol. The van der Waals surface area contributed by atoms with Crippen molar-refractivity contribution in [1.82, 2.24) is 10.3 Å². The van der Waals surface area contributed by atoms with Crippen LogP contribution in [-0.4, -0.2) is 23.0 Å². The molecule has 0 saturated carbocycles. The maximum Gasteiger partial charge on any atom is 0.408 e. The SMILES string of the molecule is CC(NC(=O)OC(C)(C)C)c1ccc(-c2scnc2C=O)cc1. The van der Waals surface area contributed by atoms with Crippen molar-refractivity contribution in [1.29, 1.82) is 0 Å². The Bertz CT molecular complexity index is 687. The first-order valence-electron chi connectivity index (χ1n) is 7.28. The molecule has 0 aliphatic carbocycles. The number of aldehydes is 1. The van der Waals surface area contributed by atoms with Crippen molar-refractivity contribution in [3.63, 3.8) is 0 Å². The van der Waals surface area contributed by atoms with E-state index in [1.165, 1.54) is 11.3 Å². The highest BCUT2D eigenvalue weighted by molar-refractivity contribution is 7.13. The first-order valence-corrected chi connectivity index (χ1v) is 8.16. The zero-order valence-electron chi connectivity index (χ0n) is 13.6. The van der Waals surface area contributed by atoms with E-state index in [2.05, 4.69) is 10.3 Å². The number of carbonyl (C=O) groups is 2. The van der Waals surface area contributed by atoms with Crippen LogP contribution in [0.15, 0.2) is 29.8 Å². The van der Waals surface area contributed by atoms with E-state index >= 15 is 0 Å². The van der Waals surface area contributed by atoms with Gasteiger partial charge in [0.2, 0.25) is 0 Å². The van der Waals surface area contributed by atoms with Crippen LogP contribution >= 0.6 is 11.3 Å². The van der Waals surface area contributed by atoms with E-state index in [0.29, 0.717) is 5.69 Å². The van der Waals surface area contributed by atoms with Crippen LogP contribution in [0.4, 0.5) is 4.79 Å². The molecule has 1 aromatic carbocycles. The van der Waals surface area contributed by atoms with E-state index in [4.69, 9.17) is 4.74 Å². The summed E-state index contributed by atoms with van der Waals surface area (Å²) in [5, 5.41) is 2.80. The normalized spacial score (nSPS) is 12.5. The molecule has 0 aliphatic rings. The molecule has 0 radical (unpaired) electrons. The van der Waals surface area contributed by atoms with Gasteiger partial charge in [0.05, 0.1) is 16.4 Å².